The highest BCUT2D eigenvalue weighted by Gasteiger charge is 2.25. The molecule has 2 atom stereocenters. The van der Waals surface area contributed by atoms with Crippen LogP contribution < -0.4 is 5.32 Å². The molecule has 0 rings (SSSR count). The molecule has 0 fully saturated rings. The van der Waals surface area contributed by atoms with Crippen LogP contribution in [0.25, 0.3) is 0 Å². The van der Waals surface area contributed by atoms with Gasteiger partial charge in [-0.1, -0.05) is 20.8 Å². The van der Waals surface area contributed by atoms with Crippen LogP contribution in [0.4, 0.5) is 0 Å². The van der Waals surface area contributed by atoms with Crippen molar-refractivity contribution in [3.05, 3.63) is 0 Å². The standard InChI is InChI=1S/C14H25NO5/c1-5-10(16)6-7-11(14(19)20-4)15-13(18)12(17)8-9(2)3/h9,11-12,17H,5-8H2,1-4H3,(H,15,18)/t11-,12-/m0/s1. The van der Waals surface area contributed by atoms with Crippen LogP contribution in [-0.2, 0) is 19.1 Å². The van der Waals surface area contributed by atoms with Gasteiger partial charge in [0.15, 0.2) is 0 Å². The normalized spacial score (nSPS) is 13.7. The van der Waals surface area contributed by atoms with E-state index in [9.17, 15) is 19.5 Å². The summed E-state index contributed by atoms with van der Waals surface area (Å²) < 4.78 is 4.59. The van der Waals surface area contributed by atoms with E-state index in [0.29, 0.717) is 12.8 Å². The largest absolute Gasteiger partial charge is 0.467 e. The molecule has 0 unspecified atom stereocenters. The third-order valence-electron chi connectivity index (χ3n) is 2.91. The van der Waals surface area contributed by atoms with Crippen molar-refractivity contribution in [2.45, 2.75) is 58.6 Å². The summed E-state index contributed by atoms with van der Waals surface area (Å²) >= 11 is 0. The Labute approximate surface area is 119 Å². The highest BCUT2D eigenvalue weighted by molar-refractivity contribution is 5.87. The molecular weight excluding hydrogens is 262 g/mol. The first-order valence-corrected chi connectivity index (χ1v) is 6.89. The minimum Gasteiger partial charge on any atom is -0.467 e. The number of ketones is 1. The average molecular weight is 287 g/mol. The van der Waals surface area contributed by atoms with Crippen molar-refractivity contribution in [1.29, 1.82) is 0 Å². The molecule has 0 saturated carbocycles. The summed E-state index contributed by atoms with van der Waals surface area (Å²) in [6, 6.07) is -0.898. The minimum absolute atomic E-state index is 0.0101. The van der Waals surface area contributed by atoms with Gasteiger partial charge in [-0.3, -0.25) is 9.59 Å². The van der Waals surface area contributed by atoms with E-state index in [1.807, 2.05) is 13.8 Å². The summed E-state index contributed by atoms with van der Waals surface area (Å²) in [5.74, 6) is -1.05. The molecule has 6 nitrogen and oxygen atoms in total. The third kappa shape index (κ3) is 7.23. The van der Waals surface area contributed by atoms with Crippen LogP contribution in [0.5, 0.6) is 0 Å². The van der Waals surface area contributed by atoms with E-state index < -0.39 is 24.0 Å². The second-order valence-corrected chi connectivity index (χ2v) is 5.16. The van der Waals surface area contributed by atoms with Gasteiger partial charge in [0, 0.05) is 12.8 Å². The first-order valence-electron chi connectivity index (χ1n) is 6.89. The molecule has 0 radical (unpaired) electrons. The van der Waals surface area contributed by atoms with Gasteiger partial charge in [0.25, 0.3) is 0 Å². The van der Waals surface area contributed by atoms with E-state index in [0.717, 1.165) is 0 Å². The van der Waals surface area contributed by atoms with E-state index in [-0.39, 0.29) is 24.5 Å². The van der Waals surface area contributed by atoms with Crippen LogP contribution in [0.2, 0.25) is 0 Å². The summed E-state index contributed by atoms with van der Waals surface area (Å²) in [7, 11) is 1.22. The van der Waals surface area contributed by atoms with Crippen molar-refractivity contribution in [2.75, 3.05) is 7.11 Å². The first-order chi connectivity index (χ1) is 9.31. The molecule has 0 heterocycles. The van der Waals surface area contributed by atoms with Gasteiger partial charge in [-0.15, -0.1) is 0 Å². The zero-order chi connectivity index (χ0) is 15.7. The smallest absolute Gasteiger partial charge is 0.328 e. The van der Waals surface area contributed by atoms with Crippen LogP contribution in [-0.4, -0.2) is 42.0 Å². The Morgan fingerprint density at radius 2 is 1.85 bits per heavy atom. The van der Waals surface area contributed by atoms with Gasteiger partial charge in [0.2, 0.25) is 5.91 Å². The van der Waals surface area contributed by atoms with Crippen molar-refractivity contribution >= 4 is 17.7 Å². The minimum atomic E-state index is -1.16. The number of aliphatic hydroxyl groups is 1. The number of Topliss-reactive ketones (excluding diaryl/α,β-unsaturated/α-hetero) is 1. The number of esters is 1. The number of carbonyl (C=O) groups is 3. The van der Waals surface area contributed by atoms with Crippen LogP contribution in [0.3, 0.4) is 0 Å². The van der Waals surface area contributed by atoms with Gasteiger partial charge >= 0.3 is 5.97 Å². The maximum absolute atomic E-state index is 11.8. The van der Waals surface area contributed by atoms with Gasteiger partial charge < -0.3 is 15.2 Å². The number of methoxy groups -OCH3 is 1. The topological polar surface area (TPSA) is 92.7 Å². The van der Waals surface area contributed by atoms with Gasteiger partial charge in [-0.05, 0) is 18.8 Å². The van der Waals surface area contributed by atoms with Crippen LogP contribution >= 0.6 is 0 Å². The van der Waals surface area contributed by atoms with E-state index in [2.05, 4.69) is 10.1 Å². The fourth-order valence-electron chi connectivity index (χ4n) is 1.69. The summed E-state index contributed by atoms with van der Waals surface area (Å²) in [5.41, 5.74) is 0. The molecule has 116 valence electrons. The number of hydrogen-bond donors (Lipinski definition) is 2. The average Bonchev–Trinajstić information content (AvgIpc) is 2.40. The fourth-order valence-corrected chi connectivity index (χ4v) is 1.69. The van der Waals surface area contributed by atoms with Crippen LogP contribution in [0, 0.1) is 5.92 Å². The molecule has 0 aliphatic heterocycles. The van der Waals surface area contributed by atoms with Gasteiger partial charge in [0.05, 0.1) is 7.11 Å². The zero-order valence-electron chi connectivity index (χ0n) is 12.6. The Balaban J connectivity index is 4.52. The number of rotatable bonds is 9. The molecule has 0 bridgehead atoms. The van der Waals surface area contributed by atoms with Crippen molar-refractivity contribution in [2.24, 2.45) is 5.92 Å². The second kappa shape index (κ2) is 9.47. The van der Waals surface area contributed by atoms with E-state index in [1.54, 1.807) is 6.92 Å². The predicted octanol–water partition coefficient (Wildman–Crippen LogP) is 0.810. The molecule has 0 aromatic carbocycles. The lowest BCUT2D eigenvalue weighted by Gasteiger charge is -2.19. The number of hydrogen-bond acceptors (Lipinski definition) is 5. The van der Waals surface area contributed by atoms with Gasteiger partial charge in [-0.2, -0.15) is 0 Å². The maximum Gasteiger partial charge on any atom is 0.328 e. The molecule has 20 heavy (non-hydrogen) atoms. The Morgan fingerprint density at radius 1 is 1.25 bits per heavy atom. The molecule has 2 N–H and O–H groups in total. The molecule has 0 spiro atoms. The summed E-state index contributed by atoms with van der Waals surface area (Å²) in [6.45, 7) is 5.50. The Kier molecular flexibility index (Phi) is 8.79. The van der Waals surface area contributed by atoms with Crippen LogP contribution in [0.1, 0.15) is 46.5 Å². The third-order valence-corrected chi connectivity index (χ3v) is 2.91. The maximum atomic E-state index is 11.8. The lowest BCUT2D eigenvalue weighted by molar-refractivity contribution is -0.146. The fraction of sp³-hybridized carbons (Fsp3) is 0.786. The Hall–Kier alpha value is -1.43. The Bertz CT molecular complexity index is 340. The zero-order valence-corrected chi connectivity index (χ0v) is 12.6. The quantitative estimate of drug-likeness (QED) is 0.612. The molecule has 6 heteroatoms. The molecule has 0 aliphatic carbocycles. The molecule has 1 amide bonds. The number of amides is 1. The summed E-state index contributed by atoms with van der Waals surface area (Å²) in [6.07, 6.45) is -0.0918. The van der Waals surface area contributed by atoms with Crippen LogP contribution in [0.15, 0.2) is 0 Å². The predicted molar refractivity (Wildman–Crippen MR) is 73.9 cm³/mol. The number of ether oxygens (including phenoxy) is 1. The lowest BCUT2D eigenvalue weighted by atomic mass is 10.0. The van der Waals surface area contributed by atoms with Crippen molar-refractivity contribution in [3.63, 3.8) is 0 Å². The number of aliphatic hydroxyl groups excluding tert-OH is 1. The molecular formula is C14H25NO5. The highest BCUT2D eigenvalue weighted by atomic mass is 16.5. The number of nitrogens with one attached hydrogen (secondary N) is 1. The van der Waals surface area contributed by atoms with Crippen molar-refractivity contribution in [1.82, 2.24) is 5.32 Å². The van der Waals surface area contributed by atoms with Crippen molar-refractivity contribution < 1.29 is 24.2 Å². The van der Waals surface area contributed by atoms with E-state index in [1.165, 1.54) is 7.11 Å². The molecule has 0 aromatic rings. The second-order valence-electron chi connectivity index (χ2n) is 5.16. The first kappa shape index (κ1) is 18.6. The molecule has 0 aliphatic rings. The Morgan fingerprint density at radius 3 is 2.30 bits per heavy atom. The van der Waals surface area contributed by atoms with E-state index >= 15 is 0 Å². The highest BCUT2D eigenvalue weighted by Crippen LogP contribution is 2.07. The van der Waals surface area contributed by atoms with Gasteiger partial charge in [-0.25, -0.2) is 4.79 Å². The molecule has 0 saturated heterocycles. The summed E-state index contributed by atoms with van der Waals surface area (Å²) in [5, 5.41) is 12.1. The monoisotopic (exact) mass is 287 g/mol. The lowest BCUT2D eigenvalue weighted by Crippen LogP contribution is -2.46. The number of carbonyl (C=O) groups excluding carboxylic acids is 3. The van der Waals surface area contributed by atoms with E-state index in [4.69, 9.17) is 0 Å². The van der Waals surface area contributed by atoms with Crippen molar-refractivity contribution in [3.8, 4) is 0 Å². The summed E-state index contributed by atoms with van der Waals surface area (Å²) in [4.78, 5) is 34.6. The van der Waals surface area contributed by atoms with Gasteiger partial charge in [0.1, 0.15) is 17.9 Å². The SMILES string of the molecule is CCC(=O)CC[C@H](NC(=O)[C@@H](O)CC(C)C)C(=O)OC. The molecule has 0 aromatic heterocycles.